The van der Waals surface area contributed by atoms with Crippen molar-refractivity contribution in [3.63, 3.8) is 0 Å². The van der Waals surface area contributed by atoms with E-state index in [4.69, 9.17) is 9.26 Å². The van der Waals surface area contributed by atoms with Gasteiger partial charge in [-0.2, -0.15) is 0 Å². The van der Waals surface area contributed by atoms with Crippen LogP contribution in [0.15, 0.2) is 47.5 Å². The molecule has 1 aromatic heterocycles. The van der Waals surface area contributed by atoms with Crippen molar-refractivity contribution in [3.8, 4) is 5.75 Å². The Morgan fingerprint density at radius 3 is 3.00 bits per heavy atom. The molecule has 0 saturated carbocycles. The van der Waals surface area contributed by atoms with Crippen molar-refractivity contribution in [2.45, 2.75) is 26.0 Å². The van der Waals surface area contributed by atoms with Gasteiger partial charge >= 0.3 is 0 Å². The molecule has 0 aliphatic carbocycles. The molecule has 2 atom stereocenters. The van der Waals surface area contributed by atoms with Gasteiger partial charge in [0.15, 0.2) is 0 Å². The lowest BCUT2D eigenvalue weighted by atomic mass is 10.0. The highest BCUT2D eigenvalue weighted by Gasteiger charge is 2.32. The second kappa shape index (κ2) is 7.64. The van der Waals surface area contributed by atoms with Crippen LogP contribution in [0.1, 0.15) is 17.0 Å². The van der Waals surface area contributed by atoms with Crippen LogP contribution in [-0.4, -0.2) is 41.0 Å². The van der Waals surface area contributed by atoms with Crippen molar-refractivity contribution in [1.82, 2.24) is 10.1 Å². The Labute approximate surface area is 142 Å². The summed E-state index contributed by atoms with van der Waals surface area (Å²) in [4.78, 5) is 2.26. The number of β-amino-alcohol motifs (C(OH)–C–C–N with tert-alkyl or cyclic N) is 1. The molecule has 2 unspecified atom stereocenters. The van der Waals surface area contributed by atoms with E-state index in [9.17, 15) is 5.11 Å². The third-order valence-corrected chi connectivity index (χ3v) is 4.35. The summed E-state index contributed by atoms with van der Waals surface area (Å²) in [6.07, 6.45) is 2.11. The number of aliphatic hydroxyl groups excluding tert-OH is 1. The Bertz CT molecular complexity index is 683. The van der Waals surface area contributed by atoms with E-state index in [0.717, 1.165) is 35.9 Å². The van der Waals surface area contributed by atoms with Gasteiger partial charge in [-0.1, -0.05) is 36.0 Å². The maximum absolute atomic E-state index is 10.4. The van der Waals surface area contributed by atoms with Crippen LogP contribution >= 0.6 is 0 Å². The first-order chi connectivity index (χ1) is 11.7. The maximum atomic E-state index is 10.4. The van der Waals surface area contributed by atoms with Crippen molar-refractivity contribution < 1.29 is 14.4 Å². The van der Waals surface area contributed by atoms with Crippen molar-refractivity contribution in [3.05, 3.63) is 60.0 Å². The van der Waals surface area contributed by atoms with Crippen LogP contribution in [0.2, 0.25) is 0 Å². The van der Waals surface area contributed by atoms with E-state index in [2.05, 4.69) is 22.7 Å². The number of aliphatic hydroxyl groups is 1. The molecule has 1 N–H and O–H groups in total. The minimum atomic E-state index is -0.350. The molecule has 0 spiro atoms. The summed E-state index contributed by atoms with van der Waals surface area (Å²) in [5, 5.41) is 14.3. The largest absolute Gasteiger partial charge is 0.489 e. The first-order valence-electron chi connectivity index (χ1n) is 8.30. The fraction of sp³-hybridized carbons (Fsp3) is 0.421. The number of hydrogen-bond donors (Lipinski definition) is 1. The van der Waals surface area contributed by atoms with E-state index < -0.39 is 0 Å². The standard InChI is InChI=1S/C19H24N2O3/c1-3-8-23-19-7-5-4-6-15(19)11-21-12-16(18(22)13-21)10-17-9-14(2)20-24-17/h3-7,9,16,18,22H,1,8,10-13H2,2H3. The normalized spacial score (nSPS) is 21.1. The van der Waals surface area contributed by atoms with E-state index in [1.54, 1.807) is 6.08 Å². The van der Waals surface area contributed by atoms with Crippen LogP contribution < -0.4 is 4.74 Å². The highest BCUT2D eigenvalue weighted by atomic mass is 16.5. The summed E-state index contributed by atoms with van der Waals surface area (Å²) in [6, 6.07) is 9.96. The highest BCUT2D eigenvalue weighted by Crippen LogP contribution is 2.26. The molecule has 0 amide bonds. The summed E-state index contributed by atoms with van der Waals surface area (Å²) in [5.41, 5.74) is 2.00. The summed E-state index contributed by atoms with van der Waals surface area (Å²) in [5.74, 6) is 1.88. The number of nitrogens with zero attached hydrogens (tertiary/aromatic N) is 2. The van der Waals surface area contributed by atoms with E-state index in [-0.39, 0.29) is 12.0 Å². The topological polar surface area (TPSA) is 58.7 Å². The van der Waals surface area contributed by atoms with Crippen LogP contribution in [0, 0.1) is 12.8 Å². The zero-order valence-corrected chi connectivity index (χ0v) is 14.0. The minimum absolute atomic E-state index is 0.165. The minimum Gasteiger partial charge on any atom is -0.489 e. The van der Waals surface area contributed by atoms with Crippen molar-refractivity contribution >= 4 is 0 Å². The molecule has 5 nitrogen and oxygen atoms in total. The lowest BCUT2D eigenvalue weighted by molar-refractivity contribution is 0.137. The van der Waals surface area contributed by atoms with Gasteiger partial charge < -0.3 is 14.4 Å². The molecule has 1 aliphatic heterocycles. The smallest absolute Gasteiger partial charge is 0.137 e. The second-order valence-corrected chi connectivity index (χ2v) is 6.37. The van der Waals surface area contributed by atoms with E-state index >= 15 is 0 Å². The van der Waals surface area contributed by atoms with Gasteiger partial charge in [0, 0.05) is 43.6 Å². The monoisotopic (exact) mass is 328 g/mol. The molecule has 1 aromatic carbocycles. The molecule has 5 heteroatoms. The fourth-order valence-corrected chi connectivity index (χ4v) is 3.21. The van der Waals surface area contributed by atoms with Crippen LogP contribution in [0.4, 0.5) is 0 Å². The third kappa shape index (κ3) is 4.04. The number of aryl methyl sites for hydroxylation is 1. The lowest BCUT2D eigenvalue weighted by Gasteiger charge is -2.18. The predicted molar refractivity (Wildman–Crippen MR) is 91.9 cm³/mol. The number of rotatable bonds is 7. The average Bonchev–Trinajstić information content (AvgIpc) is 3.13. The van der Waals surface area contributed by atoms with Crippen molar-refractivity contribution in [1.29, 1.82) is 0 Å². The highest BCUT2D eigenvalue weighted by molar-refractivity contribution is 5.33. The average molecular weight is 328 g/mol. The molecule has 24 heavy (non-hydrogen) atoms. The van der Waals surface area contributed by atoms with Gasteiger partial charge in [-0.25, -0.2) is 0 Å². The molecule has 0 bridgehead atoms. The molecule has 2 aromatic rings. The Morgan fingerprint density at radius 1 is 1.42 bits per heavy atom. The van der Waals surface area contributed by atoms with Crippen LogP contribution in [0.5, 0.6) is 5.75 Å². The summed E-state index contributed by atoms with van der Waals surface area (Å²) < 4.78 is 11.0. The molecule has 3 rings (SSSR count). The van der Waals surface area contributed by atoms with E-state index in [1.807, 2.05) is 31.2 Å². The number of para-hydroxylation sites is 1. The summed E-state index contributed by atoms with van der Waals surface area (Å²) in [7, 11) is 0. The van der Waals surface area contributed by atoms with Crippen molar-refractivity contribution in [2.24, 2.45) is 5.92 Å². The number of hydrogen-bond acceptors (Lipinski definition) is 5. The van der Waals surface area contributed by atoms with Gasteiger partial charge in [0.25, 0.3) is 0 Å². The number of benzene rings is 1. The maximum Gasteiger partial charge on any atom is 0.137 e. The number of ether oxygens (including phenoxy) is 1. The molecule has 1 fully saturated rings. The first-order valence-corrected chi connectivity index (χ1v) is 8.30. The SMILES string of the molecule is C=CCOc1ccccc1CN1CC(O)C(Cc2cc(C)no2)C1. The Balaban J connectivity index is 1.62. The van der Waals surface area contributed by atoms with Gasteiger partial charge in [-0.05, 0) is 13.0 Å². The van der Waals surface area contributed by atoms with Crippen LogP contribution in [0.3, 0.4) is 0 Å². The zero-order chi connectivity index (χ0) is 16.9. The van der Waals surface area contributed by atoms with Crippen LogP contribution in [-0.2, 0) is 13.0 Å². The Morgan fingerprint density at radius 2 is 2.25 bits per heavy atom. The Hall–Kier alpha value is -2.11. The van der Waals surface area contributed by atoms with E-state index in [0.29, 0.717) is 19.6 Å². The van der Waals surface area contributed by atoms with Crippen LogP contribution in [0.25, 0.3) is 0 Å². The summed E-state index contributed by atoms with van der Waals surface area (Å²) in [6.45, 7) is 8.34. The van der Waals surface area contributed by atoms with Gasteiger partial charge in [0.1, 0.15) is 18.1 Å². The van der Waals surface area contributed by atoms with Gasteiger partial charge in [-0.3, -0.25) is 4.90 Å². The molecule has 2 heterocycles. The predicted octanol–water partition coefficient (Wildman–Crippen LogP) is 2.58. The van der Waals surface area contributed by atoms with Gasteiger partial charge in [0.05, 0.1) is 11.8 Å². The number of aromatic nitrogens is 1. The molecular formula is C19H24N2O3. The Kier molecular flexibility index (Phi) is 5.33. The molecule has 1 aliphatic rings. The fourth-order valence-electron chi connectivity index (χ4n) is 3.21. The third-order valence-electron chi connectivity index (χ3n) is 4.35. The first kappa shape index (κ1) is 16.7. The lowest BCUT2D eigenvalue weighted by Crippen LogP contribution is -2.21. The van der Waals surface area contributed by atoms with E-state index in [1.165, 1.54) is 0 Å². The van der Waals surface area contributed by atoms with Gasteiger partial charge in [-0.15, -0.1) is 0 Å². The summed E-state index contributed by atoms with van der Waals surface area (Å²) >= 11 is 0. The van der Waals surface area contributed by atoms with Gasteiger partial charge in [0.2, 0.25) is 0 Å². The molecular weight excluding hydrogens is 304 g/mol. The molecule has 1 saturated heterocycles. The number of likely N-dealkylation sites (tertiary alicyclic amines) is 1. The quantitative estimate of drug-likeness (QED) is 0.792. The molecule has 128 valence electrons. The second-order valence-electron chi connectivity index (χ2n) is 6.37. The van der Waals surface area contributed by atoms with Crippen molar-refractivity contribution in [2.75, 3.05) is 19.7 Å². The molecule has 0 radical (unpaired) electrons. The zero-order valence-electron chi connectivity index (χ0n) is 14.0.